The van der Waals surface area contributed by atoms with E-state index in [1.165, 1.54) is 28.2 Å². The molecule has 5 nitrogen and oxygen atoms in total. The lowest BCUT2D eigenvalue weighted by Gasteiger charge is -2.24. The van der Waals surface area contributed by atoms with Crippen LogP contribution in [0.15, 0.2) is 85.1 Å². The Morgan fingerprint density at radius 1 is 0.933 bits per heavy atom. The summed E-state index contributed by atoms with van der Waals surface area (Å²) in [6.07, 6.45) is 1.49. The molecule has 2 N–H and O–H groups in total. The summed E-state index contributed by atoms with van der Waals surface area (Å²) >= 11 is 0. The SMILES string of the molecule is CCN(Cc1ccc(Oc2ccc(C(N)=O)nc2)cc1)c1ccc2ccccc2c1. The zero-order valence-electron chi connectivity index (χ0n) is 16.8. The monoisotopic (exact) mass is 397 g/mol. The van der Waals surface area contributed by atoms with Gasteiger partial charge in [0.05, 0.1) is 6.20 Å². The number of hydrogen-bond acceptors (Lipinski definition) is 4. The minimum Gasteiger partial charge on any atom is -0.456 e. The molecule has 4 rings (SSSR count). The molecule has 0 saturated carbocycles. The average molecular weight is 397 g/mol. The number of rotatable bonds is 7. The van der Waals surface area contributed by atoms with Crippen molar-refractivity contribution >= 4 is 22.4 Å². The maximum Gasteiger partial charge on any atom is 0.267 e. The van der Waals surface area contributed by atoms with Gasteiger partial charge in [0.25, 0.3) is 5.91 Å². The van der Waals surface area contributed by atoms with Crippen LogP contribution in [0.2, 0.25) is 0 Å². The zero-order valence-corrected chi connectivity index (χ0v) is 16.8. The first-order valence-corrected chi connectivity index (χ1v) is 9.89. The van der Waals surface area contributed by atoms with Crippen LogP contribution >= 0.6 is 0 Å². The van der Waals surface area contributed by atoms with Gasteiger partial charge in [-0.2, -0.15) is 0 Å². The second-order valence-corrected chi connectivity index (χ2v) is 7.04. The van der Waals surface area contributed by atoms with Gasteiger partial charge in [-0.25, -0.2) is 4.98 Å². The topological polar surface area (TPSA) is 68.5 Å². The summed E-state index contributed by atoms with van der Waals surface area (Å²) in [5.74, 6) is 0.707. The number of carbonyl (C=O) groups is 1. The number of fused-ring (bicyclic) bond motifs is 1. The maximum atomic E-state index is 11.1. The number of nitrogens with two attached hydrogens (primary N) is 1. The average Bonchev–Trinajstić information content (AvgIpc) is 2.78. The number of benzene rings is 3. The summed E-state index contributed by atoms with van der Waals surface area (Å²) in [5, 5.41) is 2.49. The van der Waals surface area contributed by atoms with E-state index in [-0.39, 0.29) is 5.69 Å². The molecule has 5 heteroatoms. The van der Waals surface area contributed by atoms with Gasteiger partial charge in [-0.1, -0.05) is 42.5 Å². The van der Waals surface area contributed by atoms with E-state index in [0.29, 0.717) is 11.5 Å². The summed E-state index contributed by atoms with van der Waals surface area (Å²) in [4.78, 5) is 17.4. The maximum absolute atomic E-state index is 11.1. The Balaban J connectivity index is 1.45. The molecule has 30 heavy (non-hydrogen) atoms. The van der Waals surface area contributed by atoms with Crippen LogP contribution in [0, 0.1) is 0 Å². The van der Waals surface area contributed by atoms with Crippen molar-refractivity contribution in [3.8, 4) is 11.5 Å². The highest BCUT2D eigenvalue weighted by Gasteiger charge is 2.08. The van der Waals surface area contributed by atoms with E-state index in [1.807, 2.05) is 12.1 Å². The molecule has 0 atom stereocenters. The van der Waals surface area contributed by atoms with Gasteiger partial charge in [0.15, 0.2) is 0 Å². The highest BCUT2D eigenvalue weighted by Crippen LogP contribution is 2.25. The molecular formula is C25H23N3O2. The summed E-state index contributed by atoms with van der Waals surface area (Å²) < 4.78 is 5.80. The van der Waals surface area contributed by atoms with E-state index in [2.05, 4.69) is 71.4 Å². The van der Waals surface area contributed by atoms with Crippen LogP contribution in [-0.4, -0.2) is 17.4 Å². The number of amides is 1. The van der Waals surface area contributed by atoms with Crippen LogP contribution in [0.25, 0.3) is 10.8 Å². The quantitative estimate of drug-likeness (QED) is 0.468. The number of nitrogens with zero attached hydrogens (tertiary/aromatic N) is 2. The van der Waals surface area contributed by atoms with Crippen molar-refractivity contribution in [1.82, 2.24) is 4.98 Å². The van der Waals surface area contributed by atoms with Crippen LogP contribution in [0.4, 0.5) is 5.69 Å². The number of hydrogen-bond donors (Lipinski definition) is 1. The van der Waals surface area contributed by atoms with Crippen molar-refractivity contribution in [2.75, 3.05) is 11.4 Å². The fourth-order valence-corrected chi connectivity index (χ4v) is 3.36. The molecule has 3 aromatic carbocycles. The smallest absolute Gasteiger partial charge is 0.267 e. The molecule has 0 fully saturated rings. The van der Waals surface area contributed by atoms with E-state index in [1.54, 1.807) is 12.1 Å². The summed E-state index contributed by atoms with van der Waals surface area (Å²) in [7, 11) is 0. The Labute approximate surface area is 175 Å². The Bertz CT molecular complexity index is 1160. The molecule has 0 aliphatic rings. The number of carbonyl (C=O) groups excluding carboxylic acids is 1. The number of ether oxygens (including phenoxy) is 1. The molecule has 0 spiro atoms. The molecular weight excluding hydrogens is 374 g/mol. The predicted molar refractivity (Wildman–Crippen MR) is 120 cm³/mol. The van der Waals surface area contributed by atoms with E-state index in [9.17, 15) is 4.79 Å². The van der Waals surface area contributed by atoms with Crippen LogP contribution < -0.4 is 15.4 Å². The van der Waals surface area contributed by atoms with E-state index in [4.69, 9.17) is 10.5 Å². The Morgan fingerprint density at radius 3 is 2.33 bits per heavy atom. The van der Waals surface area contributed by atoms with Crippen molar-refractivity contribution in [2.24, 2.45) is 5.73 Å². The first kappa shape index (κ1) is 19.5. The Kier molecular flexibility index (Phi) is 5.61. The molecule has 0 saturated heterocycles. The molecule has 0 aliphatic carbocycles. The molecule has 1 heterocycles. The van der Waals surface area contributed by atoms with Crippen LogP contribution in [0.1, 0.15) is 23.0 Å². The van der Waals surface area contributed by atoms with Crippen molar-refractivity contribution < 1.29 is 9.53 Å². The highest BCUT2D eigenvalue weighted by atomic mass is 16.5. The van der Waals surface area contributed by atoms with E-state index >= 15 is 0 Å². The van der Waals surface area contributed by atoms with Gasteiger partial charge >= 0.3 is 0 Å². The first-order chi connectivity index (χ1) is 14.6. The van der Waals surface area contributed by atoms with Gasteiger partial charge in [-0.3, -0.25) is 4.79 Å². The molecule has 0 bridgehead atoms. The third-order valence-electron chi connectivity index (χ3n) is 5.00. The van der Waals surface area contributed by atoms with Crippen LogP contribution in [0.3, 0.4) is 0 Å². The van der Waals surface area contributed by atoms with Gasteiger partial charge in [0.2, 0.25) is 0 Å². The molecule has 0 aliphatic heterocycles. The Hall–Kier alpha value is -3.86. The minimum absolute atomic E-state index is 0.214. The third-order valence-corrected chi connectivity index (χ3v) is 5.00. The van der Waals surface area contributed by atoms with Gasteiger partial charge < -0.3 is 15.4 Å². The van der Waals surface area contributed by atoms with Crippen molar-refractivity contribution in [2.45, 2.75) is 13.5 Å². The van der Waals surface area contributed by atoms with Crippen molar-refractivity contribution in [1.29, 1.82) is 0 Å². The Morgan fingerprint density at radius 2 is 1.67 bits per heavy atom. The predicted octanol–water partition coefficient (Wildman–Crippen LogP) is 5.15. The standard InChI is InChI=1S/C25H23N3O2/c1-2-28(21-10-9-19-5-3-4-6-20(19)15-21)17-18-7-11-22(12-8-18)30-23-13-14-24(25(26)29)27-16-23/h3-16H,2,17H2,1H3,(H2,26,29). The summed E-state index contributed by atoms with van der Waals surface area (Å²) in [5.41, 5.74) is 7.82. The lowest BCUT2D eigenvalue weighted by Crippen LogP contribution is -2.21. The molecule has 150 valence electrons. The molecule has 1 amide bonds. The lowest BCUT2D eigenvalue weighted by molar-refractivity contribution is 0.0995. The summed E-state index contributed by atoms with van der Waals surface area (Å²) in [6.45, 7) is 3.88. The molecule has 1 aromatic heterocycles. The third kappa shape index (κ3) is 4.41. The molecule has 4 aromatic rings. The largest absolute Gasteiger partial charge is 0.456 e. The van der Waals surface area contributed by atoms with E-state index in [0.717, 1.165) is 13.1 Å². The normalized spacial score (nSPS) is 10.7. The number of aromatic nitrogens is 1. The highest BCUT2D eigenvalue weighted by molar-refractivity contribution is 5.90. The summed E-state index contributed by atoms with van der Waals surface area (Å²) in [6, 6.07) is 26.2. The number of pyridine rings is 1. The van der Waals surface area contributed by atoms with Gasteiger partial charge in [-0.05, 0) is 59.7 Å². The van der Waals surface area contributed by atoms with E-state index < -0.39 is 5.91 Å². The fraction of sp³-hybridized carbons (Fsp3) is 0.120. The zero-order chi connectivity index (χ0) is 20.9. The fourth-order valence-electron chi connectivity index (χ4n) is 3.36. The van der Waals surface area contributed by atoms with Crippen LogP contribution in [0.5, 0.6) is 11.5 Å². The van der Waals surface area contributed by atoms with Crippen molar-refractivity contribution in [3.63, 3.8) is 0 Å². The first-order valence-electron chi connectivity index (χ1n) is 9.89. The lowest BCUT2D eigenvalue weighted by atomic mass is 10.1. The van der Waals surface area contributed by atoms with Crippen molar-refractivity contribution in [3.05, 3.63) is 96.3 Å². The second kappa shape index (κ2) is 8.66. The van der Waals surface area contributed by atoms with Gasteiger partial charge in [0, 0.05) is 18.8 Å². The van der Waals surface area contributed by atoms with Crippen LogP contribution in [-0.2, 0) is 6.54 Å². The second-order valence-electron chi connectivity index (χ2n) is 7.04. The molecule has 0 radical (unpaired) electrons. The number of primary amides is 1. The number of anilines is 1. The van der Waals surface area contributed by atoms with Gasteiger partial charge in [-0.15, -0.1) is 0 Å². The minimum atomic E-state index is -0.558. The van der Waals surface area contributed by atoms with Gasteiger partial charge in [0.1, 0.15) is 17.2 Å². The molecule has 0 unspecified atom stereocenters.